The quantitative estimate of drug-likeness (QED) is 0.108. The Labute approximate surface area is 216 Å². The Morgan fingerprint density at radius 1 is 0.528 bits per heavy atom. The fourth-order valence-corrected chi connectivity index (χ4v) is 4.17. The molecule has 2 atom stereocenters. The van der Waals surface area contributed by atoms with Gasteiger partial charge in [-0.3, -0.25) is 0 Å². The molecule has 2 N–H and O–H groups in total. The summed E-state index contributed by atoms with van der Waals surface area (Å²) in [6, 6.07) is 0. The van der Waals surface area contributed by atoms with E-state index in [1.165, 1.54) is 0 Å². The maximum absolute atomic E-state index is 11.7. The van der Waals surface area contributed by atoms with Crippen molar-refractivity contribution < 1.29 is 57.9 Å². The molecule has 0 amide bonds. The van der Waals surface area contributed by atoms with Gasteiger partial charge < -0.3 is 48.1 Å². The van der Waals surface area contributed by atoms with Gasteiger partial charge in [-0.05, 0) is 62.3 Å². The van der Waals surface area contributed by atoms with Crippen molar-refractivity contribution in [2.24, 2.45) is 5.41 Å². The minimum absolute atomic E-state index is 0.00146. The smallest absolute Gasteiger partial charge is 0.341 e. The van der Waals surface area contributed by atoms with E-state index in [1.54, 1.807) is 62.3 Å². The summed E-state index contributed by atoms with van der Waals surface area (Å²) in [5, 5.41) is 23.0. The molecule has 2 unspecified atom stereocenters. The SMILES string of the molecule is CCOOC(OCC)(OCC)C(CO)(C(O)OCC)C(OCC)(OCC)C(OCC)(OCC)OCC. The second-order valence-corrected chi connectivity index (χ2v) is 7.19. The van der Waals surface area contributed by atoms with Crippen molar-refractivity contribution in [3.8, 4) is 0 Å². The topological polar surface area (TPSA) is 133 Å². The van der Waals surface area contributed by atoms with E-state index in [2.05, 4.69) is 0 Å². The summed E-state index contributed by atoms with van der Waals surface area (Å²) in [4.78, 5) is 11.1. The predicted octanol–water partition coefficient (Wildman–Crippen LogP) is 2.55. The summed E-state index contributed by atoms with van der Waals surface area (Å²) in [6.45, 7) is 14.7. The molecule has 0 aliphatic rings. The van der Waals surface area contributed by atoms with Crippen molar-refractivity contribution in [2.75, 3.05) is 66.1 Å². The van der Waals surface area contributed by atoms with Crippen LogP contribution in [0.25, 0.3) is 0 Å². The van der Waals surface area contributed by atoms with Crippen molar-refractivity contribution in [2.45, 2.75) is 86.3 Å². The highest BCUT2D eigenvalue weighted by Crippen LogP contribution is 2.57. The number of rotatable bonds is 24. The molecular formula is C24H50O12. The van der Waals surface area contributed by atoms with Gasteiger partial charge in [-0.25, -0.2) is 4.89 Å². The van der Waals surface area contributed by atoms with E-state index in [0.717, 1.165) is 0 Å². The number of aliphatic hydroxyl groups excluding tert-OH is 2. The highest BCUT2D eigenvalue weighted by atomic mass is 17.3. The van der Waals surface area contributed by atoms with E-state index >= 15 is 0 Å². The van der Waals surface area contributed by atoms with E-state index < -0.39 is 36.0 Å². The highest BCUT2D eigenvalue weighted by molar-refractivity contribution is 5.08. The van der Waals surface area contributed by atoms with Crippen molar-refractivity contribution in [3.05, 3.63) is 0 Å². The second-order valence-electron chi connectivity index (χ2n) is 7.19. The lowest BCUT2D eigenvalue weighted by molar-refractivity contribution is -0.612. The first-order chi connectivity index (χ1) is 17.3. The van der Waals surface area contributed by atoms with Crippen LogP contribution in [0, 0.1) is 5.41 Å². The molecule has 0 aromatic rings. The average molecular weight is 531 g/mol. The molecule has 12 nitrogen and oxygen atoms in total. The Morgan fingerprint density at radius 3 is 1.22 bits per heavy atom. The lowest BCUT2D eigenvalue weighted by Gasteiger charge is -2.60. The zero-order valence-corrected chi connectivity index (χ0v) is 23.6. The highest BCUT2D eigenvalue weighted by Gasteiger charge is 2.82. The van der Waals surface area contributed by atoms with Crippen LogP contribution in [0.15, 0.2) is 0 Å². The van der Waals surface area contributed by atoms with Crippen LogP contribution >= 0.6 is 0 Å². The monoisotopic (exact) mass is 530 g/mol. The van der Waals surface area contributed by atoms with Gasteiger partial charge in [0.25, 0.3) is 5.79 Å². The Bertz CT molecular complexity index is 520. The summed E-state index contributed by atoms with van der Waals surface area (Å²) in [5.41, 5.74) is -2.30. The van der Waals surface area contributed by atoms with E-state index in [-0.39, 0.29) is 59.5 Å². The Balaban J connectivity index is 8.07. The molecule has 0 aliphatic carbocycles. The number of hydrogen-bond donors (Lipinski definition) is 2. The van der Waals surface area contributed by atoms with E-state index in [1.807, 2.05) is 0 Å². The molecule has 0 radical (unpaired) electrons. The van der Waals surface area contributed by atoms with E-state index in [0.29, 0.717) is 0 Å². The van der Waals surface area contributed by atoms with Crippen LogP contribution in [-0.2, 0) is 47.7 Å². The minimum atomic E-state index is -2.36. The molecule has 36 heavy (non-hydrogen) atoms. The van der Waals surface area contributed by atoms with Crippen molar-refractivity contribution in [1.29, 1.82) is 0 Å². The van der Waals surface area contributed by atoms with Crippen molar-refractivity contribution in [1.82, 2.24) is 0 Å². The average Bonchev–Trinajstić information content (AvgIpc) is 2.84. The van der Waals surface area contributed by atoms with Gasteiger partial charge in [-0.1, -0.05) is 0 Å². The van der Waals surface area contributed by atoms with Crippen molar-refractivity contribution in [3.63, 3.8) is 0 Å². The third-order valence-corrected chi connectivity index (χ3v) is 5.19. The molecule has 0 saturated carbocycles. The lowest BCUT2D eigenvalue weighted by atomic mass is 9.73. The minimum Gasteiger partial charge on any atom is -0.395 e. The lowest BCUT2D eigenvalue weighted by Crippen LogP contribution is -2.81. The molecule has 0 fully saturated rings. The zero-order chi connectivity index (χ0) is 27.7. The fraction of sp³-hybridized carbons (Fsp3) is 1.00. The summed E-state index contributed by atoms with van der Waals surface area (Å²) >= 11 is 0. The Kier molecular flexibility index (Phi) is 17.7. The van der Waals surface area contributed by atoms with Crippen LogP contribution < -0.4 is 0 Å². The molecule has 0 aromatic heterocycles. The first kappa shape index (κ1) is 35.5. The summed E-state index contributed by atoms with van der Waals surface area (Å²) in [5.74, 6) is -6.83. The molecule has 0 spiro atoms. The first-order valence-corrected chi connectivity index (χ1v) is 13.0. The molecule has 218 valence electrons. The van der Waals surface area contributed by atoms with Crippen LogP contribution in [0.4, 0.5) is 0 Å². The molecular weight excluding hydrogens is 480 g/mol. The standard InChI is InChI=1S/C24H50O12/c1-10-27-20(26)21(19-25,23(30-13-4,31-14-5)36-35-18-9)22(28-11-2,29-12-3)24(32-15-6,33-16-7)34-17-8/h20,25-26H,10-19H2,1-9H3. The normalized spacial score (nSPS) is 15.8. The summed E-state index contributed by atoms with van der Waals surface area (Å²) < 4.78 is 48.6. The maximum atomic E-state index is 11.7. The van der Waals surface area contributed by atoms with Gasteiger partial charge in [-0.2, -0.15) is 4.89 Å². The van der Waals surface area contributed by atoms with Crippen LogP contribution in [-0.4, -0.2) is 100 Å². The second kappa shape index (κ2) is 17.9. The van der Waals surface area contributed by atoms with Crippen LogP contribution in [0.5, 0.6) is 0 Å². The summed E-state index contributed by atoms with van der Waals surface area (Å²) in [7, 11) is 0. The molecule has 0 heterocycles. The molecule has 0 bridgehead atoms. The van der Waals surface area contributed by atoms with Gasteiger partial charge in [0, 0.05) is 52.9 Å². The molecule has 0 saturated heterocycles. The zero-order valence-electron chi connectivity index (χ0n) is 23.6. The Morgan fingerprint density at radius 2 is 0.917 bits per heavy atom. The van der Waals surface area contributed by atoms with Gasteiger partial charge >= 0.3 is 11.9 Å². The molecule has 0 aliphatic heterocycles. The van der Waals surface area contributed by atoms with E-state index in [9.17, 15) is 10.2 Å². The third-order valence-electron chi connectivity index (χ3n) is 5.19. The van der Waals surface area contributed by atoms with Crippen LogP contribution in [0.3, 0.4) is 0 Å². The Hall–Kier alpha value is -0.480. The van der Waals surface area contributed by atoms with Gasteiger partial charge in [0.1, 0.15) is 0 Å². The third kappa shape index (κ3) is 6.93. The molecule has 0 rings (SSSR count). The van der Waals surface area contributed by atoms with Crippen LogP contribution in [0.1, 0.15) is 62.3 Å². The maximum Gasteiger partial charge on any atom is 0.341 e. The number of aliphatic hydroxyl groups is 2. The van der Waals surface area contributed by atoms with Gasteiger partial charge in [0.05, 0.1) is 13.2 Å². The molecule has 0 aromatic carbocycles. The number of ether oxygens (including phenoxy) is 8. The van der Waals surface area contributed by atoms with Gasteiger partial charge in [0.15, 0.2) is 11.7 Å². The summed E-state index contributed by atoms with van der Waals surface area (Å²) in [6.07, 6.45) is -1.90. The predicted molar refractivity (Wildman–Crippen MR) is 129 cm³/mol. The van der Waals surface area contributed by atoms with Gasteiger partial charge in [0.2, 0.25) is 0 Å². The van der Waals surface area contributed by atoms with Gasteiger partial charge in [-0.15, -0.1) is 0 Å². The van der Waals surface area contributed by atoms with E-state index in [4.69, 9.17) is 47.7 Å². The van der Waals surface area contributed by atoms with Crippen molar-refractivity contribution >= 4 is 0 Å². The van der Waals surface area contributed by atoms with Crippen LogP contribution in [0.2, 0.25) is 0 Å². The fourth-order valence-electron chi connectivity index (χ4n) is 4.17. The largest absolute Gasteiger partial charge is 0.395 e. The number of hydrogen-bond acceptors (Lipinski definition) is 12. The molecule has 12 heteroatoms. The first-order valence-electron chi connectivity index (χ1n) is 13.0.